The summed E-state index contributed by atoms with van der Waals surface area (Å²) in [6.45, 7) is 6.98. The standard InChI is InChI=1S/C10H14N2O2/c1-5-8(10(14)12-4)6-7(2)9(13)11-3/h5-6H,1-2H2,3-4H3,(H,11,13)(H,12,14)/b8-6+. The summed E-state index contributed by atoms with van der Waals surface area (Å²) < 4.78 is 0. The Kier molecular flexibility index (Phi) is 4.99. The molecule has 76 valence electrons. The van der Waals surface area contributed by atoms with Crippen LogP contribution in [0.4, 0.5) is 0 Å². The van der Waals surface area contributed by atoms with Gasteiger partial charge >= 0.3 is 0 Å². The van der Waals surface area contributed by atoms with Gasteiger partial charge in [-0.3, -0.25) is 9.59 Å². The summed E-state index contributed by atoms with van der Waals surface area (Å²) in [4.78, 5) is 22.2. The van der Waals surface area contributed by atoms with Crippen LogP contribution in [0.1, 0.15) is 0 Å². The normalized spacial score (nSPS) is 10.3. The summed E-state index contributed by atoms with van der Waals surface area (Å²) in [5.74, 6) is -0.627. The Bertz CT molecular complexity index is 303. The molecule has 0 saturated heterocycles. The van der Waals surface area contributed by atoms with Crippen LogP contribution in [0.25, 0.3) is 0 Å². The molecule has 0 aliphatic heterocycles. The third-order valence-corrected chi connectivity index (χ3v) is 1.56. The van der Waals surface area contributed by atoms with Crippen LogP contribution >= 0.6 is 0 Å². The fourth-order valence-electron chi connectivity index (χ4n) is 0.775. The molecule has 0 heterocycles. The summed E-state index contributed by atoms with van der Waals surface area (Å²) in [5, 5.41) is 4.83. The molecule has 0 unspecified atom stereocenters. The van der Waals surface area contributed by atoms with Gasteiger partial charge in [0.15, 0.2) is 0 Å². The lowest BCUT2D eigenvalue weighted by atomic mass is 10.1. The van der Waals surface area contributed by atoms with E-state index in [4.69, 9.17) is 0 Å². The molecular weight excluding hydrogens is 180 g/mol. The highest BCUT2D eigenvalue weighted by Gasteiger charge is 2.06. The highest BCUT2D eigenvalue weighted by Crippen LogP contribution is 2.02. The Morgan fingerprint density at radius 3 is 2.00 bits per heavy atom. The van der Waals surface area contributed by atoms with Crippen molar-refractivity contribution in [1.82, 2.24) is 10.6 Å². The van der Waals surface area contributed by atoms with Crippen LogP contribution in [-0.2, 0) is 9.59 Å². The van der Waals surface area contributed by atoms with Gasteiger partial charge in [0.1, 0.15) is 0 Å². The highest BCUT2D eigenvalue weighted by atomic mass is 16.2. The molecule has 0 aliphatic rings. The molecule has 0 fully saturated rings. The molecule has 2 amide bonds. The molecular formula is C10H14N2O2. The van der Waals surface area contributed by atoms with E-state index in [1.54, 1.807) is 0 Å². The number of carbonyl (C=O) groups excluding carboxylic acids is 2. The number of hydrogen-bond acceptors (Lipinski definition) is 2. The first kappa shape index (κ1) is 12.2. The summed E-state index contributed by atoms with van der Waals surface area (Å²) in [6, 6.07) is 0. The number of rotatable bonds is 4. The number of carbonyl (C=O) groups is 2. The Balaban J connectivity index is 4.77. The predicted octanol–water partition coefficient (Wildman–Crippen LogP) is 0.147. The zero-order valence-electron chi connectivity index (χ0n) is 8.39. The molecule has 0 spiro atoms. The zero-order valence-corrected chi connectivity index (χ0v) is 8.39. The molecule has 0 bridgehead atoms. The van der Waals surface area contributed by atoms with Gasteiger partial charge in [-0.15, -0.1) is 0 Å². The fraction of sp³-hybridized carbons (Fsp3) is 0.200. The van der Waals surface area contributed by atoms with Gasteiger partial charge < -0.3 is 10.6 Å². The molecule has 0 rings (SSSR count). The molecule has 14 heavy (non-hydrogen) atoms. The minimum Gasteiger partial charge on any atom is -0.355 e. The van der Waals surface area contributed by atoms with E-state index in [-0.39, 0.29) is 17.4 Å². The highest BCUT2D eigenvalue weighted by molar-refractivity contribution is 6.01. The van der Waals surface area contributed by atoms with Gasteiger partial charge in [0.2, 0.25) is 5.91 Å². The third-order valence-electron chi connectivity index (χ3n) is 1.56. The fourth-order valence-corrected chi connectivity index (χ4v) is 0.775. The van der Waals surface area contributed by atoms with Crippen molar-refractivity contribution >= 4 is 11.8 Å². The van der Waals surface area contributed by atoms with Crippen molar-refractivity contribution in [1.29, 1.82) is 0 Å². The Labute approximate surface area is 83.4 Å². The van der Waals surface area contributed by atoms with Crippen LogP contribution in [0.3, 0.4) is 0 Å². The summed E-state index contributed by atoms with van der Waals surface area (Å²) in [7, 11) is 3.00. The summed E-state index contributed by atoms with van der Waals surface area (Å²) in [5.41, 5.74) is 0.520. The molecule has 0 atom stereocenters. The summed E-state index contributed by atoms with van der Waals surface area (Å²) >= 11 is 0. The lowest BCUT2D eigenvalue weighted by Gasteiger charge is -2.01. The van der Waals surface area contributed by atoms with Gasteiger partial charge in [-0.1, -0.05) is 19.2 Å². The predicted molar refractivity (Wildman–Crippen MR) is 55.6 cm³/mol. The molecule has 4 nitrogen and oxygen atoms in total. The smallest absolute Gasteiger partial charge is 0.251 e. The maximum Gasteiger partial charge on any atom is 0.251 e. The zero-order chi connectivity index (χ0) is 11.1. The minimum atomic E-state index is -0.326. The van der Waals surface area contributed by atoms with Crippen molar-refractivity contribution in [2.75, 3.05) is 14.1 Å². The Hall–Kier alpha value is -1.84. The largest absolute Gasteiger partial charge is 0.355 e. The quantitative estimate of drug-likeness (QED) is 0.494. The van der Waals surface area contributed by atoms with E-state index in [1.165, 1.54) is 26.2 Å². The van der Waals surface area contributed by atoms with E-state index in [0.29, 0.717) is 5.57 Å². The first-order valence-electron chi connectivity index (χ1n) is 4.04. The van der Waals surface area contributed by atoms with E-state index in [1.807, 2.05) is 0 Å². The maximum atomic E-state index is 11.2. The molecule has 0 radical (unpaired) electrons. The topological polar surface area (TPSA) is 58.2 Å². The monoisotopic (exact) mass is 194 g/mol. The number of hydrogen-bond donors (Lipinski definition) is 2. The minimum absolute atomic E-state index is 0.214. The second kappa shape index (κ2) is 5.75. The summed E-state index contributed by atoms with van der Waals surface area (Å²) in [6.07, 6.45) is 2.75. The van der Waals surface area contributed by atoms with Crippen molar-refractivity contribution in [2.24, 2.45) is 0 Å². The van der Waals surface area contributed by atoms with Gasteiger partial charge in [0, 0.05) is 25.2 Å². The van der Waals surface area contributed by atoms with Crippen molar-refractivity contribution in [2.45, 2.75) is 0 Å². The molecule has 0 aromatic heterocycles. The third kappa shape index (κ3) is 3.26. The first-order chi connectivity index (χ1) is 6.56. The van der Waals surface area contributed by atoms with Gasteiger partial charge in [-0.05, 0) is 6.08 Å². The molecule has 0 aromatic rings. The molecule has 0 aromatic carbocycles. The molecule has 0 saturated carbocycles. The van der Waals surface area contributed by atoms with Crippen molar-refractivity contribution in [3.63, 3.8) is 0 Å². The van der Waals surface area contributed by atoms with Crippen LogP contribution in [0.15, 0.2) is 36.5 Å². The lowest BCUT2D eigenvalue weighted by Crippen LogP contribution is -2.21. The number of amides is 2. The maximum absolute atomic E-state index is 11.2. The van der Waals surface area contributed by atoms with E-state index in [0.717, 1.165) is 0 Å². The Morgan fingerprint density at radius 1 is 1.14 bits per heavy atom. The van der Waals surface area contributed by atoms with Gasteiger partial charge in [0.25, 0.3) is 5.91 Å². The SMILES string of the molecule is C=C/C(=C\C(=C)C(=O)NC)C(=O)NC. The van der Waals surface area contributed by atoms with E-state index < -0.39 is 0 Å². The number of likely N-dealkylation sites (N-methyl/N-ethyl adjacent to an activating group) is 2. The van der Waals surface area contributed by atoms with Crippen LogP contribution in [-0.4, -0.2) is 25.9 Å². The van der Waals surface area contributed by atoms with E-state index >= 15 is 0 Å². The average Bonchev–Trinajstić information content (AvgIpc) is 2.22. The Morgan fingerprint density at radius 2 is 1.64 bits per heavy atom. The van der Waals surface area contributed by atoms with E-state index in [2.05, 4.69) is 23.8 Å². The van der Waals surface area contributed by atoms with Gasteiger partial charge in [-0.25, -0.2) is 0 Å². The van der Waals surface area contributed by atoms with Crippen molar-refractivity contribution in [3.05, 3.63) is 36.5 Å². The van der Waals surface area contributed by atoms with Crippen LogP contribution in [0.2, 0.25) is 0 Å². The molecule has 0 aliphatic carbocycles. The lowest BCUT2D eigenvalue weighted by molar-refractivity contribution is -0.117. The number of nitrogens with one attached hydrogen (secondary N) is 2. The average molecular weight is 194 g/mol. The van der Waals surface area contributed by atoms with Crippen molar-refractivity contribution < 1.29 is 9.59 Å². The van der Waals surface area contributed by atoms with E-state index in [9.17, 15) is 9.59 Å². The van der Waals surface area contributed by atoms with Crippen molar-refractivity contribution in [3.8, 4) is 0 Å². The second-order valence-electron chi connectivity index (χ2n) is 2.49. The van der Waals surface area contributed by atoms with Crippen LogP contribution in [0, 0.1) is 0 Å². The molecule has 2 N–H and O–H groups in total. The van der Waals surface area contributed by atoms with Gasteiger partial charge in [0.05, 0.1) is 0 Å². The van der Waals surface area contributed by atoms with Crippen LogP contribution in [0.5, 0.6) is 0 Å². The molecule has 4 heteroatoms. The van der Waals surface area contributed by atoms with Gasteiger partial charge in [-0.2, -0.15) is 0 Å². The second-order valence-corrected chi connectivity index (χ2v) is 2.49. The first-order valence-corrected chi connectivity index (χ1v) is 4.04. The van der Waals surface area contributed by atoms with Crippen LogP contribution < -0.4 is 10.6 Å².